The Labute approximate surface area is 93.2 Å². The maximum atomic E-state index is 5.09. The fraction of sp³-hybridized carbons (Fsp3) is 0.500. The number of methoxy groups -OCH3 is 1. The molecule has 0 bridgehead atoms. The lowest BCUT2D eigenvalue weighted by atomic mass is 10.3. The summed E-state index contributed by atoms with van der Waals surface area (Å²) < 4.78 is 6.09. The van der Waals surface area contributed by atoms with Gasteiger partial charge in [0.05, 0.1) is 12.6 Å². The van der Waals surface area contributed by atoms with Gasteiger partial charge in [0.2, 0.25) is 0 Å². The Morgan fingerprint density at radius 2 is 2.29 bits per heavy atom. The number of ether oxygens (including phenoxy) is 1. The van der Waals surface area contributed by atoms with Crippen LogP contribution in [0, 0.1) is 0 Å². The van der Waals surface area contributed by atoms with E-state index >= 15 is 0 Å². The average Bonchev–Trinajstić information content (AvgIpc) is 2.18. The van der Waals surface area contributed by atoms with E-state index in [0.717, 1.165) is 10.3 Å². The van der Waals surface area contributed by atoms with Crippen molar-refractivity contribution in [3.63, 3.8) is 0 Å². The van der Waals surface area contributed by atoms with Crippen LogP contribution in [0.15, 0.2) is 22.8 Å². The minimum Gasteiger partial charge on any atom is -0.383 e. The highest BCUT2D eigenvalue weighted by Crippen LogP contribution is 2.15. The number of halogens is 1. The summed E-state index contributed by atoms with van der Waals surface area (Å²) in [4.78, 5) is 6.40. The lowest BCUT2D eigenvalue weighted by Crippen LogP contribution is -2.33. The van der Waals surface area contributed by atoms with Crippen molar-refractivity contribution in [2.45, 2.75) is 13.0 Å². The maximum absolute atomic E-state index is 5.09. The maximum Gasteiger partial charge on any atom is 0.128 e. The molecule has 1 aromatic rings. The van der Waals surface area contributed by atoms with Crippen LogP contribution in [0.4, 0.5) is 5.82 Å². The number of rotatable bonds is 4. The van der Waals surface area contributed by atoms with Crippen LogP contribution in [-0.4, -0.2) is 31.8 Å². The SMILES string of the molecule is COCC(C)N(C)c1ccc(Br)cn1. The van der Waals surface area contributed by atoms with Crippen LogP contribution >= 0.6 is 15.9 Å². The molecule has 1 rings (SSSR count). The number of likely N-dealkylation sites (N-methyl/N-ethyl adjacent to an activating group) is 1. The molecule has 1 heterocycles. The molecule has 0 aliphatic rings. The van der Waals surface area contributed by atoms with E-state index in [-0.39, 0.29) is 0 Å². The summed E-state index contributed by atoms with van der Waals surface area (Å²) in [6, 6.07) is 4.29. The fourth-order valence-electron chi connectivity index (χ4n) is 1.16. The van der Waals surface area contributed by atoms with Gasteiger partial charge in [0, 0.05) is 24.8 Å². The monoisotopic (exact) mass is 258 g/mol. The molecule has 4 heteroatoms. The number of aromatic nitrogens is 1. The highest BCUT2D eigenvalue weighted by Gasteiger charge is 2.09. The van der Waals surface area contributed by atoms with Gasteiger partial charge in [-0.25, -0.2) is 4.98 Å². The lowest BCUT2D eigenvalue weighted by molar-refractivity contribution is 0.183. The first-order valence-corrected chi connectivity index (χ1v) is 5.27. The third-order valence-corrected chi connectivity index (χ3v) is 2.61. The molecular weight excluding hydrogens is 244 g/mol. The summed E-state index contributed by atoms with van der Waals surface area (Å²) >= 11 is 3.36. The van der Waals surface area contributed by atoms with Crippen molar-refractivity contribution in [2.24, 2.45) is 0 Å². The topological polar surface area (TPSA) is 25.4 Å². The standard InChI is InChI=1S/C10H15BrN2O/c1-8(7-14-3)13(2)10-5-4-9(11)6-12-10/h4-6,8H,7H2,1-3H3. The Morgan fingerprint density at radius 1 is 1.57 bits per heavy atom. The molecule has 0 amide bonds. The van der Waals surface area contributed by atoms with Crippen LogP contribution in [0.25, 0.3) is 0 Å². The molecule has 1 aromatic heterocycles. The number of hydrogen-bond acceptors (Lipinski definition) is 3. The summed E-state index contributed by atoms with van der Waals surface area (Å²) in [6.07, 6.45) is 1.80. The molecule has 3 nitrogen and oxygen atoms in total. The molecule has 0 saturated carbocycles. The van der Waals surface area contributed by atoms with Gasteiger partial charge in [-0.15, -0.1) is 0 Å². The molecule has 0 spiro atoms. The van der Waals surface area contributed by atoms with E-state index in [0.29, 0.717) is 12.6 Å². The second-order valence-corrected chi connectivity index (χ2v) is 4.17. The number of hydrogen-bond donors (Lipinski definition) is 0. The van der Waals surface area contributed by atoms with E-state index in [1.807, 2.05) is 19.2 Å². The number of pyridine rings is 1. The van der Waals surface area contributed by atoms with Crippen molar-refractivity contribution in [1.29, 1.82) is 0 Å². The molecule has 0 fully saturated rings. The largest absolute Gasteiger partial charge is 0.383 e. The molecule has 1 unspecified atom stereocenters. The smallest absolute Gasteiger partial charge is 0.128 e. The van der Waals surface area contributed by atoms with E-state index in [2.05, 4.69) is 32.7 Å². The quantitative estimate of drug-likeness (QED) is 0.829. The molecule has 0 radical (unpaired) electrons. The summed E-state index contributed by atoms with van der Waals surface area (Å²) in [6.45, 7) is 2.81. The van der Waals surface area contributed by atoms with E-state index in [1.54, 1.807) is 13.3 Å². The first-order chi connectivity index (χ1) is 6.65. The van der Waals surface area contributed by atoms with Gasteiger partial charge < -0.3 is 9.64 Å². The third-order valence-electron chi connectivity index (χ3n) is 2.14. The van der Waals surface area contributed by atoms with Crippen molar-refractivity contribution in [1.82, 2.24) is 4.98 Å². The zero-order valence-electron chi connectivity index (χ0n) is 8.70. The Bertz CT molecular complexity index is 276. The number of anilines is 1. The van der Waals surface area contributed by atoms with Crippen LogP contribution in [0.5, 0.6) is 0 Å². The van der Waals surface area contributed by atoms with Gasteiger partial charge in [-0.3, -0.25) is 0 Å². The first kappa shape index (κ1) is 11.5. The van der Waals surface area contributed by atoms with E-state index < -0.39 is 0 Å². The third kappa shape index (κ3) is 2.96. The average molecular weight is 259 g/mol. The zero-order chi connectivity index (χ0) is 10.6. The Hall–Kier alpha value is -0.610. The highest BCUT2D eigenvalue weighted by atomic mass is 79.9. The van der Waals surface area contributed by atoms with Gasteiger partial charge >= 0.3 is 0 Å². The van der Waals surface area contributed by atoms with Crippen molar-refractivity contribution in [2.75, 3.05) is 25.7 Å². The summed E-state index contributed by atoms with van der Waals surface area (Å²) in [5.41, 5.74) is 0. The first-order valence-electron chi connectivity index (χ1n) is 4.48. The van der Waals surface area contributed by atoms with Crippen LogP contribution in [0.2, 0.25) is 0 Å². The Balaban J connectivity index is 2.68. The molecular formula is C10H15BrN2O. The minimum absolute atomic E-state index is 0.327. The van der Waals surface area contributed by atoms with Crippen molar-refractivity contribution < 1.29 is 4.74 Å². The van der Waals surface area contributed by atoms with Gasteiger partial charge in [0.25, 0.3) is 0 Å². The van der Waals surface area contributed by atoms with Gasteiger partial charge in [0.15, 0.2) is 0 Å². The van der Waals surface area contributed by atoms with Crippen molar-refractivity contribution in [3.05, 3.63) is 22.8 Å². The summed E-state index contributed by atoms with van der Waals surface area (Å²) in [5.74, 6) is 0.956. The van der Waals surface area contributed by atoms with Crippen molar-refractivity contribution in [3.8, 4) is 0 Å². The van der Waals surface area contributed by atoms with Gasteiger partial charge in [-0.05, 0) is 35.0 Å². The van der Waals surface area contributed by atoms with Gasteiger partial charge in [0.1, 0.15) is 5.82 Å². The Morgan fingerprint density at radius 3 is 2.79 bits per heavy atom. The number of nitrogens with zero attached hydrogens (tertiary/aromatic N) is 2. The highest BCUT2D eigenvalue weighted by molar-refractivity contribution is 9.10. The van der Waals surface area contributed by atoms with E-state index in [1.165, 1.54) is 0 Å². The van der Waals surface area contributed by atoms with Crippen LogP contribution in [0.1, 0.15) is 6.92 Å². The molecule has 0 aromatic carbocycles. The van der Waals surface area contributed by atoms with E-state index in [4.69, 9.17) is 4.74 Å². The lowest BCUT2D eigenvalue weighted by Gasteiger charge is -2.25. The van der Waals surface area contributed by atoms with Crippen LogP contribution < -0.4 is 4.90 Å². The van der Waals surface area contributed by atoms with Gasteiger partial charge in [-0.2, -0.15) is 0 Å². The minimum atomic E-state index is 0.327. The molecule has 1 atom stereocenters. The van der Waals surface area contributed by atoms with Crippen LogP contribution in [0.3, 0.4) is 0 Å². The fourth-order valence-corrected chi connectivity index (χ4v) is 1.39. The zero-order valence-corrected chi connectivity index (χ0v) is 10.3. The second kappa shape index (κ2) is 5.32. The van der Waals surface area contributed by atoms with Crippen LogP contribution in [-0.2, 0) is 4.74 Å². The molecule has 0 saturated heterocycles. The normalized spacial score (nSPS) is 12.6. The molecule has 0 aliphatic heterocycles. The predicted octanol–water partition coefficient (Wildman–Crippen LogP) is 2.32. The molecule has 14 heavy (non-hydrogen) atoms. The molecule has 0 N–H and O–H groups in total. The summed E-state index contributed by atoms with van der Waals surface area (Å²) in [7, 11) is 3.72. The van der Waals surface area contributed by atoms with Gasteiger partial charge in [-0.1, -0.05) is 0 Å². The second-order valence-electron chi connectivity index (χ2n) is 3.25. The van der Waals surface area contributed by atoms with Crippen molar-refractivity contribution >= 4 is 21.7 Å². The predicted molar refractivity (Wildman–Crippen MR) is 61.7 cm³/mol. The Kier molecular flexibility index (Phi) is 4.35. The van der Waals surface area contributed by atoms with E-state index in [9.17, 15) is 0 Å². The summed E-state index contributed by atoms with van der Waals surface area (Å²) in [5, 5.41) is 0. The molecule has 78 valence electrons. The molecule has 0 aliphatic carbocycles.